The molecule has 10 heteroatoms. The normalized spacial score (nSPS) is 18.9. The Morgan fingerprint density at radius 2 is 2.14 bits per heavy atom. The Balaban J connectivity index is 2.38. The van der Waals surface area contributed by atoms with Crippen LogP contribution in [0.2, 0.25) is 0 Å². The first-order valence-electron chi connectivity index (χ1n) is 5.88. The van der Waals surface area contributed by atoms with Gasteiger partial charge in [0.05, 0.1) is 23.8 Å². The van der Waals surface area contributed by atoms with Crippen LogP contribution in [0.25, 0.3) is 0 Å². The van der Waals surface area contributed by atoms with E-state index in [-0.39, 0.29) is 30.1 Å². The van der Waals surface area contributed by atoms with E-state index in [1.54, 1.807) is 0 Å². The van der Waals surface area contributed by atoms with Crippen molar-refractivity contribution < 1.29 is 22.9 Å². The number of primary sulfonamides is 1. The zero-order chi connectivity index (χ0) is 15.8. The molecule has 1 aromatic rings. The third kappa shape index (κ3) is 2.95. The van der Waals surface area contributed by atoms with Gasteiger partial charge in [0.15, 0.2) is 0 Å². The van der Waals surface area contributed by atoms with Crippen LogP contribution in [-0.4, -0.2) is 38.2 Å². The lowest BCUT2D eigenvalue weighted by Crippen LogP contribution is -2.32. The zero-order valence-corrected chi connectivity index (χ0v) is 11.9. The molecule has 1 amide bonds. The van der Waals surface area contributed by atoms with Crippen molar-refractivity contribution in [1.82, 2.24) is 0 Å². The number of non-ortho nitro benzene ring substituents is 1. The van der Waals surface area contributed by atoms with E-state index in [0.29, 0.717) is 0 Å². The average molecular weight is 315 g/mol. The smallest absolute Gasteiger partial charge is 0.273 e. The molecule has 0 spiro atoms. The minimum Gasteiger partial charge on any atom is -0.494 e. The van der Waals surface area contributed by atoms with Gasteiger partial charge in [-0.05, 0) is 6.07 Å². The van der Waals surface area contributed by atoms with Gasteiger partial charge < -0.3 is 9.64 Å². The molecule has 9 nitrogen and oxygen atoms in total. The summed E-state index contributed by atoms with van der Waals surface area (Å²) >= 11 is 0. The van der Waals surface area contributed by atoms with E-state index in [4.69, 9.17) is 9.88 Å². The Morgan fingerprint density at radius 1 is 1.48 bits per heavy atom. The van der Waals surface area contributed by atoms with Crippen molar-refractivity contribution >= 4 is 27.3 Å². The Labute approximate surface area is 120 Å². The van der Waals surface area contributed by atoms with Gasteiger partial charge in [0.2, 0.25) is 15.9 Å². The number of hydrogen-bond acceptors (Lipinski definition) is 6. The molecule has 0 saturated carbocycles. The van der Waals surface area contributed by atoms with E-state index >= 15 is 0 Å². The van der Waals surface area contributed by atoms with Crippen LogP contribution in [-0.2, 0) is 14.8 Å². The van der Waals surface area contributed by atoms with Crippen molar-refractivity contribution in [2.45, 2.75) is 11.7 Å². The van der Waals surface area contributed by atoms with Crippen molar-refractivity contribution in [3.8, 4) is 5.75 Å². The minimum atomic E-state index is -3.83. The SMILES string of the molecule is COc1cc([N+](=O)[O-])ccc1N1CC(S(N)(=O)=O)CC1=O. The highest BCUT2D eigenvalue weighted by molar-refractivity contribution is 7.89. The summed E-state index contributed by atoms with van der Waals surface area (Å²) in [5.41, 5.74) is 0.0875. The van der Waals surface area contributed by atoms with Crippen molar-refractivity contribution in [3.63, 3.8) is 0 Å². The Hall–Kier alpha value is -2.20. The summed E-state index contributed by atoms with van der Waals surface area (Å²) in [5, 5.41) is 14.8. The van der Waals surface area contributed by atoms with Crippen LogP contribution in [0.4, 0.5) is 11.4 Å². The number of hydrogen-bond donors (Lipinski definition) is 1. The molecule has 1 aromatic carbocycles. The van der Waals surface area contributed by atoms with E-state index in [1.807, 2.05) is 0 Å². The third-order valence-corrected chi connectivity index (χ3v) is 4.46. The first kappa shape index (κ1) is 15.2. The van der Waals surface area contributed by atoms with Crippen LogP contribution in [0.1, 0.15) is 6.42 Å². The lowest BCUT2D eigenvalue weighted by Gasteiger charge is -2.19. The molecule has 2 N–H and O–H groups in total. The third-order valence-electron chi connectivity index (χ3n) is 3.22. The van der Waals surface area contributed by atoms with Crippen LogP contribution >= 0.6 is 0 Å². The molecule has 1 aliphatic heterocycles. The standard InChI is InChI=1S/C11H13N3O6S/c1-20-10-4-7(14(16)17)2-3-9(10)13-6-8(5-11(13)15)21(12,18)19/h2-4,8H,5-6H2,1H3,(H2,12,18,19). The summed E-state index contributed by atoms with van der Waals surface area (Å²) in [6, 6.07) is 3.74. The van der Waals surface area contributed by atoms with E-state index in [2.05, 4.69) is 0 Å². The Bertz CT molecular complexity index is 702. The Kier molecular flexibility index (Phi) is 3.83. The summed E-state index contributed by atoms with van der Waals surface area (Å²) in [6.45, 7) is -0.105. The number of carbonyl (C=O) groups excluding carboxylic acids is 1. The summed E-state index contributed by atoms with van der Waals surface area (Å²) < 4.78 is 27.7. The highest BCUT2D eigenvalue weighted by Gasteiger charge is 2.38. The summed E-state index contributed by atoms with van der Waals surface area (Å²) in [6.07, 6.45) is -0.223. The molecule has 21 heavy (non-hydrogen) atoms. The second kappa shape index (κ2) is 5.30. The molecule has 0 aliphatic carbocycles. The van der Waals surface area contributed by atoms with Crippen LogP contribution in [0.5, 0.6) is 5.75 Å². The van der Waals surface area contributed by atoms with Gasteiger partial charge in [0.1, 0.15) is 11.0 Å². The van der Waals surface area contributed by atoms with E-state index < -0.39 is 26.1 Å². The molecule has 1 unspecified atom stereocenters. The number of anilines is 1. The van der Waals surface area contributed by atoms with Gasteiger partial charge in [0.25, 0.3) is 5.69 Å². The van der Waals surface area contributed by atoms with Gasteiger partial charge >= 0.3 is 0 Å². The predicted molar refractivity (Wildman–Crippen MR) is 73.5 cm³/mol. The van der Waals surface area contributed by atoms with E-state index in [9.17, 15) is 23.3 Å². The summed E-state index contributed by atoms with van der Waals surface area (Å²) in [7, 11) is -2.52. The molecular weight excluding hydrogens is 302 g/mol. The molecule has 1 aliphatic rings. The molecule has 1 heterocycles. The first-order chi connectivity index (χ1) is 9.74. The van der Waals surface area contributed by atoms with Gasteiger partial charge in [-0.15, -0.1) is 0 Å². The fraction of sp³-hybridized carbons (Fsp3) is 0.364. The zero-order valence-electron chi connectivity index (χ0n) is 11.1. The number of amides is 1. The van der Waals surface area contributed by atoms with Crippen molar-refractivity contribution in [3.05, 3.63) is 28.3 Å². The highest BCUT2D eigenvalue weighted by Crippen LogP contribution is 2.35. The summed E-state index contributed by atoms with van der Waals surface area (Å²) in [5.74, 6) is -0.311. The van der Waals surface area contributed by atoms with Gasteiger partial charge in [-0.3, -0.25) is 14.9 Å². The molecular formula is C11H13N3O6S. The maximum absolute atomic E-state index is 11.9. The lowest BCUT2D eigenvalue weighted by molar-refractivity contribution is -0.384. The molecule has 0 bridgehead atoms. The maximum Gasteiger partial charge on any atom is 0.273 e. The lowest BCUT2D eigenvalue weighted by atomic mass is 10.2. The van der Waals surface area contributed by atoms with Gasteiger partial charge in [-0.25, -0.2) is 13.6 Å². The number of nitrogens with zero attached hydrogens (tertiary/aromatic N) is 2. The number of methoxy groups -OCH3 is 1. The topological polar surface area (TPSA) is 133 Å². The van der Waals surface area contributed by atoms with Crippen LogP contribution in [0.15, 0.2) is 18.2 Å². The largest absolute Gasteiger partial charge is 0.494 e. The van der Waals surface area contributed by atoms with Crippen molar-refractivity contribution in [2.75, 3.05) is 18.6 Å². The Morgan fingerprint density at radius 3 is 2.62 bits per heavy atom. The number of nitro groups is 1. The average Bonchev–Trinajstić information content (AvgIpc) is 2.79. The number of nitro benzene ring substituents is 1. The van der Waals surface area contributed by atoms with Crippen LogP contribution < -0.4 is 14.8 Å². The molecule has 0 aromatic heterocycles. The number of rotatable bonds is 4. The van der Waals surface area contributed by atoms with Crippen molar-refractivity contribution in [1.29, 1.82) is 0 Å². The second-order valence-electron chi connectivity index (χ2n) is 4.53. The highest BCUT2D eigenvalue weighted by atomic mass is 32.2. The van der Waals surface area contributed by atoms with Crippen molar-refractivity contribution in [2.24, 2.45) is 5.14 Å². The minimum absolute atomic E-state index is 0.105. The number of ether oxygens (including phenoxy) is 1. The molecule has 1 saturated heterocycles. The number of benzene rings is 1. The monoisotopic (exact) mass is 315 g/mol. The fourth-order valence-corrected chi connectivity index (χ4v) is 2.86. The van der Waals surface area contributed by atoms with Gasteiger partial charge in [0, 0.05) is 19.0 Å². The fourth-order valence-electron chi connectivity index (χ4n) is 2.13. The molecule has 2 rings (SSSR count). The van der Waals surface area contributed by atoms with Gasteiger partial charge in [-0.1, -0.05) is 0 Å². The van der Waals surface area contributed by atoms with Crippen LogP contribution in [0, 0.1) is 10.1 Å². The molecule has 114 valence electrons. The number of nitrogens with two attached hydrogens (primary N) is 1. The second-order valence-corrected chi connectivity index (χ2v) is 6.38. The number of carbonyl (C=O) groups is 1. The van der Waals surface area contributed by atoms with Gasteiger partial charge in [-0.2, -0.15) is 0 Å². The first-order valence-corrected chi connectivity index (χ1v) is 7.49. The molecule has 1 atom stereocenters. The molecule has 1 fully saturated rings. The maximum atomic E-state index is 11.9. The quantitative estimate of drug-likeness (QED) is 0.614. The number of sulfonamides is 1. The van der Waals surface area contributed by atoms with E-state index in [0.717, 1.165) is 0 Å². The van der Waals surface area contributed by atoms with E-state index in [1.165, 1.54) is 30.2 Å². The predicted octanol–water partition coefficient (Wildman–Crippen LogP) is -0.00280. The summed E-state index contributed by atoms with van der Waals surface area (Å²) in [4.78, 5) is 23.3. The molecule has 0 radical (unpaired) electrons. The van der Waals surface area contributed by atoms with Crippen LogP contribution in [0.3, 0.4) is 0 Å².